The first-order valence-corrected chi connectivity index (χ1v) is 4.97. The summed E-state index contributed by atoms with van der Waals surface area (Å²) in [5.41, 5.74) is 2.05. The molecular formula is C10H11N3OS. The fraction of sp³-hybridized carbons (Fsp3) is 0.200. The largest absolute Gasteiger partial charge is 0.388 e. The molecule has 1 aromatic heterocycles. The van der Waals surface area contributed by atoms with Gasteiger partial charge in [-0.15, -0.1) is 0 Å². The van der Waals surface area contributed by atoms with Crippen molar-refractivity contribution in [2.24, 2.45) is 0 Å². The van der Waals surface area contributed by atoms with Gasteiger partial charge in [-0.2, -0.15) is 5.10 Å². The minimum absolute atomic E-state index is 0.138. The van der Waals surface area contributed by atoms with Crippen LogP contribution in [0, 0.1) is 11.7 Å². The molecule has 0 bridgehead atoms. The molecule has 2 rings (SSSR count). The molecule has 1 heterocycles. The highest BCUT2D eigenvalue weighted by Gasteiger charge is 2.06. The number of hydrogen-bond acceptors (Lipinski definition) is 3. The molecule has 1 aromatic carbocycles. The van der Waals surface area contributed by atoms with Crippen LogP contribution in [-0.2, 0) is 6.61 Å². The SMILES string of the molecule is Cc1cccc(-n2c(CO)n[nH]c2=S)c1. The van der Waals surface area contributed by atoms with Gasteiger partial charge in [0.25, 0.3) is 0 Å². The van der Waals surface area contributed by atoms with Crippen LogP contribution in [0.3, 0.4) is 0 Å². The van der Waals surface area contributed by atoms with Crippen molar-refractivity contribution in [2.45, 2.75) is 13.5 Å². The first-order chi connectivity index (χ1) is 7.22. The molecule has 0 atom stereocenters. The number of aromatic amines is 1. The van der Waals surface area contributed by atoms with Crippen LogP contribution in [0.4, 0.5) is 0 Å². The maximum Gasteiger partial charge on any atom is 0.199 e. The molecule has 0 amide bonds. The van der Waals surface area contributed by atoms with E-state index in [0.717, 1.165) is 11.3 Å². The summed E-state index contributed by atoms with van der Waals surface area (Å²) < 4.78 is 2.21. The predicted molar refractivity (Wildman–Crippen MR) is 59.4 cm³/mol. The monoisotopic (exact) mass is 221 g/mol. The molecule has 0 radical (unpaired) electrons. The number of nitrogens with one attached hydrogen (secondary N) is 1. The smallest absolute Gasteiger partial charge is 0.199 e. The van der Waals surface area contributed by atoms with Crippen LogP contribution in [0.25, 0.3) is 5.69 Å². The molecule has 0 spiro atoms. The van der Waals surface area contributed by atoms with Crippen LogP contribution in [0.1, 0.15) is 11.4 Å². The Balaban J connectivity index is 2.62. The van der Waals surface area contributed by atoms with Gasteiger partial charge in [0.2, 0.25) is 0 Å². The molecule has 5 heteroatoms. The minimum Gasteiger partial charge on any atom is -0.388 e. The van der Waals surface area contributed by atoms with E-state index in [0.29, 0.717) is 10.6 Å². The van der Waals surface area contributed by atoms with Crippen molar-refractivity contribution >= 4 is 12.2 Å². The van der Waals surface area contributed by atoms with Gasteiger partial charge < -0.3 is 5.11 Å². The molecule has 0 aliphatic rings. The van der Waals surface area contributed by atoms with E-state index in [4.69, 9.17) is 17.3 Å². The maximum absolute atomic E-state index is 9.11. The quantitative estimate of drug-likeness (QED) is 0.759. The van der Waals surface area contributed by atoms with Gasteiger partial charge >= 0.3 is 0 Å². The lowest BCUT2D eigenvalue weighted by Gasteiger charge is -2.05. The van der Waals surface area contributed by atoms with Crippen LogP contribution >= 0.6 is 12.2 Å². The fourth-order valence-corrected chi connectivity index (χ4v) is 1.73. The Morgan fingerprint density at radius 2 is 2.33 bits per heavy atom. The van der Waals surface area contributed by atoms with Gasteiger partial charge in [0.1, 0.15) is 6.61 Å². The zero-order valence-electron chi connectivity index (χ0n) is 8.27. The van der Waals surface area contributed by atoms with E-state index in [1.165, 1.54) is 0 Å². The van der Waals surface area contributed by atoms with Crippen molar-refractivity contribution in [1.29, 1.82) is 0 Å². The molecule has 0 unspecified atom stereocenters. The van der Waals surface area contributed by atoms with Crippen molar-refractivity contribution in [3.8, 4) is 5.69 Å². The second-order valence-corrected chi connectivity index (χ2v) is 3.66. The lowest BCUT2D eigenvalue weighted by atomic mass is 10.2. The molecule has 0 aliphatic heterocycles. The summed E-state index contributed by atoms with van der Waals surface area (Å²) in [5, 5.41) is 15.7. The maximum atomic E-state index is 9.11. The highest BCUT2D eigenvalue weighted by atomic mass is 32.1. The van der Waals surface area contributed by atoms with E-state index in [2.05, 4.69) is 10.2 Å². The second kappa shape index (κ2) is 3.96. The fourth-order valence-electron chi connectivity index (χ4n) is 1.47. The molecule has 0 saturated heterocycles. The zero-order valence-corrected chi connectivity index (χ0v) is 9.08. The lowest BCUT2D eigenvalue weighted by Crippen LogP contribution is -2.01. The summed E-state index contributed by atoms with van der Waals surface area (Å²) in [5.74, 6) is 0.519. The Morgan fingerprint density at radius 3 is 3.00 bits per heavy atom. The van der Waals surface area contributed by atoms with Crippen molar-refractivity contribution in [3.63, 3.8) is 0 Å². The van der Waals surface area contributed by atoms with E-state index < -0.39 is 0 Å². The molecule has 2 aromatic rings. The summed E-state index contributed by atoms with van der Waals surface area (Å²) in [7, 11) is 0. The number of rotatable bonds is 2. The van der Waals surface area contributed by atoms with Gasteiger partial charge in [0.05, 0.1) is 0 Å². The van der Waals surface area contributed by atoms with Gasteiger partial charge in [-0.25, -0.2) is 0 Å². The summed E-state index contributed by atoms with van der Waals surface area (Å²) in [6.07, 6.45) is 0. The lowest BCUT2D eigenvalue weighted by molar-refractivity contribution is 0.269. The molecular weight excluding hydrogens is 210 g/mol. The number of aryl methyl sites for hydroxylation is 1. The van der Waals surface area contributed by atoms with E-state index in [9.17, 15) is 0 Å². The third-order valence-corrected chi connectivity index (χ3v) is 2.42. The standard InChI is InChI=1S/C10H11N3OS/c1-7-3-2-4-8(5-7)13-9(6-14)11-12-10(13)15/h2-5,14H,6H2,1H3,(H,12,15). The van der Waals surface area contributed by atoms with E-state index in [1.54, 1.807) is 4.57 Å². The van der Waals surface area contributed by atoms with Crippen molar-refractivity contribution in [2.75, 3.05) is 0 Å². The Bertz CT molecular complexity index is 529. The number of benzene rings is 1. The Kier molecular flexibility index (Phi) is 2.66. The molecule has 0 saturated carbocycles. The van der Waals surface area contributed by atoms with E-state index in [-0.39, 0.29) is 6.61 Å². The number of hydrogen-bond donors (Lipinski definition) is 2. The molecule has 0 fully saturated rings. The third kappa shape index (κ3) is 1.84. The average Bonchev–Trinajstić information content (AvgIpc) is 2.59. The van der Waals surface area contributed by atoms with Crippen LogP contribution < -0.4 is 0 Å². The van der Waals surface area contributed by atoms with Crippen LogP contribution in [0.15, 0.2) is 24.3 Å². The van der Waals surface area contributed by atoms with Crippen LogP contribution in [-0.4, -0.2) is 19.9 Å². The summed E-state index contributed by atoms with van der Waals surface area (Å²) in [6, 6.07) is 7.87. The molecule has 15 heavy (non-hydrogen) atoms. The normalized spacial score (nSPS) is 10.5. The highest BCUT2D eigenvalue weighted by molar-refractivity contribution is 7.71. The molecule has 2 N–H and O–H groups in total. The zero-order chi connectivity index (χ0) is 10.8. The number of H-pyrrole nitrogens is 1. The number of nitrogens with zero attached hydrogens (tertiary/aromatic N) is 2. The van der Waals surface area contributed by atoms with Crippen molar-refractivity contribution in [1.82, 2.24) is 14.8 Å². The van der Waals surface area contributed by atoms with Gasteiger partial charge in [-0.05, 0) is 36.8 Å². The van der Waals surface area contributed by atoms with Crippen molar-refractivity contribution in [3.05, 3.63) is 40.4 Å². The van der Waals surface area contributed by atoms with Crippen LogP contribution in [0.5, 0.6) is 0 Å². The number of aromatic nitrogens is 3. The number of aliphatic hydroxyl groups is 1. The first kappa shape index (κ1) is 10.1. The van der Waals surface area contributed by atoms with E-state index in [1.807, 2.05) is 31.2 Å². The summed E-state index contributed by atoms with van der Waals surface area (Å²) >= 11 is 5.10. The molecule has 4 nitrogen and oxygen atoms in total. The van der Waals surface area contributed by atoms with E-state index >= 15 is 0 Å². The third-order valence-electron chi connectivity index (χ3n) is 2.14. The minimum atomic E-state index is -0.138. The summed E-state index contributed by atoms with van der Waals surface area (Å²) in [6.45, 7) is 1.87. The summed E-state index contributed by atoms with van der Waals surface area (Å²) in [4.78, 5) is 0. The molecule has 78 valence electrons. The first-order valence-electron chi connectivity index (χ1n) is 4.56. The van der Waals surface area contributed by atoms with Gasteiger partial charge in [-0.3, -0.25) is 9.67 Å². The Morgan fingerprint density at radius 1 is 1.53 bits per heavy atom. The molecule has 0 aliphatic carbocycles. The van der Waals surface area contributed by atoms with Gasteiger partial charge in [0, 0.05) is 5.69 Å². The van der Waals surface area contributed by atoms with Gasteiger partial charge in [-0.1, -0.05) is 12.1 Å². The topological polar surface area (TPSA) is 53.8 Å². The van der Waals surface area contributed by atoms with Crippen molar-refractivity contribution < 1.29 is 5.11 Å². The second-order valence-electron chi connectivity index (χ2n) is 3.28. The highest BCUT2D eigenvalue weighted by Crippen LogP contribution is 2.12. The van der Waals surface area contributed by atoms with Gasteiger partial charge in [0.15, 0.2) is 10.6 Å². The average molecular weight is 221 g/mol. The number of aliphatic hydroxyl groups excluding tert-OH is 1. The predicted octanol–water partition coefficient (Wildman–Crippen LogP) is 1.73. The van der Waals surface area contributed by atoms with Crippen LogP contribution in [0.2, 0.25) is 0 Å². The Hall–Kier alpha value is -1.46. The Labute approximate surface area is 92.2 Å².